The van der Waals surface area contributed by atoms with Crippen molar-refractivity contribution < 1.29 is 0 Å². The Hall–Kier alpha value is -0.510. The van der Waals surface area contributed by atoms with Gasteiger partial charge in [-0.2, -0.15) is 0 Å². The van der Waals surface area contributed by atoms with Crippen molar-refractivity contribution in [3.63, 3.8) is 0 Å². The van der Waals surface area contributed by atoms with E-state index in [9.17, 15) is 0 Å². The third kappa shape index (κ3) is 3.74. The van der Waals surface area contributed by atoms with Crippen LogP contribution < -0.4 is 5.32 Å². The van der Waals surface area contributed by atoms with E-state index < -0.39 is 0 Å². The van der Waals surface area contributed by atoms with Gasteiger partial charge in [0.25, 0.3) is 0 Å². The Morgan fingerprint density at radius 1 is 1.33 bits per heavy atom. The van der Waals surface area contributed by atoms with Crippen molar-refractivity contribution in [3.8, 4) is 0 Å². The molecule has 2 rings (SSSR count). The molecule has 2 atom stereocenters. The molecule has 1 saturated heterocycles. The topological polar surface area (TPSA) is 15.3 Å². The van der Waals surface area contributed by atoms with E-state index in [2.05, 4.69) is 54.7 Å². The molecular weight excluding hydrogens is 240 g/mol. The van der Waals surface area contributed by atoms with Gasteiger partial charge in [0.1, 0.15) is 0 Å². The largest absolute Gasteiger partial charge is 0.310 e. The number of thioether (sulfide) groups is 1. The van der Waals surface area contributed by atoms with E-state index in [-0.39, 0.29) is 0 Å². The van der Waals surface area contributed by atoms with Gasteiger partial charge in [-0.25, -0.2) is 0 Å². The van der Waals surface area contributed by atoms with Gasteiger partial charge < -0.3 is 10.2 Å². The number of hydrogen-bond donors (Lipinski definition) is 1. The Kier molecular flexibility index (Phi) is 5.10. The molecule has 1 fully saturated rings. The van der Waals surface area contributed by atoms with Gasteiger partial charge in [-0.05, 0) is 57.3 Å². The third-order valence-corrected chi connectivity index (χ3v) is 4.71. The summed E-state index contributed by atoms with van der Waals surface area (Å²) in [6, 6.07) is 10.3. The second kappa shape index (κ2) is 6.60. The molecule has 1 N–H and O–H groups in total. The van der Waals surface area contributed by atoms with Gasteiger partial charge in [0.05, 0.1) is 0 Å². The summed E-state index contributed by atoms with van der Waals surface area (Å²) in [5, 5.41) is 3.69. The van der Waals surface area contributed by atoms with Gasteiger partial charge >= 0.3 is 0 Å². The number of benzene rings is 1. The van der Waals surface area contributed by atoms with Crippen molar-refractivity contribution in [2.75, 3.05) is 19.8 Å². The second-order valence-corrected chi connectivity index (χ2v) is 6.16. The lowest BCUT2D eigenvalue weighted by Gasteiger charge is -2.35. The Labute approximate surface area is 115 Å². The second-order valence-electron chi connectivity index (χ2n) is 5.28. The smallest absolute Gasteiger partial charge is 0.0208 e. The summed E-state index contributed by atoms with van der Waals surface area (Å²) < 4.78 is 0. The fraction of sp³-hybridized carbons (Fsp3) is 0.600. The molecule has 0 aromatic heterocycles. The fourth-order valence-electron chi connectivity index (χ4n) is 2.48. The molecule has 0 radical (unpaired) electrons. The standard InChI is InChI=1S/C15H24N2S/c1-12-10-14(8-9-17(12)2)16-11-13-4-6-15(18-3)7-5-13/h4-7,12,14,16H,8-11H2,1-3H3. The molecule has 2 nitrogen and oxygen atoms in total. The first-order chi connectivity index (χ1) is 8.69. The van der Waals surface area contributed by atoms with Crippen LogP contribution in [-0.4, -0.2) is 36.8 Å². The Morgan fingerprint density at radius 3 is 2.67 bits per heavy atom. The summed E-state index contributed by atoms with van der Waals surface area (Å²) in [5.74, 6) is 0. The third-order valence-electron chi connectivity index (χ3n) is 3.96. The normalized spacial score (nSPS) is 25.3. The van der Waals surface area contributed by atoms with Crippen molar-refractivity contribution >= 4 is 11.8 Å². The molecule has 18 heavy (non-hydrogen) atoms. The SMILES string of the molecule is CSc1ccc(CNC2CCN(C)C(C)C2)cc1. The molecular formula is C15H24N2S. The lowest BCUT2D eigenvalue weighted by molar-refractivity contribution is 0.168. The van der Waals surface area contributed by atoms with Crippen LogP contribution in [0.25, 0.3) is 0 Å². The average Bonchev–Trinajstić information content (AvgIpc) is 2.41. The number of nitrogens with one attached hydrogen (secondary N) is 1. The number of hydrogen-bond acceptors (Lipinski definition) is 3. The highest BCUT2D eigenvalue weighted by Gasteiger charge is 2.21. The molecule has 1 aliphatic rings. The van der Waals surface area contributed by atoms with Gasteiger partial charge in [-0.15, -0.1) is 11.8 Å². The molecule has 0 aliphatic carbocycles. The van der Waals surface area contributed by atoms with Crippen LogP contribution in [-0.2, 0) is 6.54 Å². The molecule has 1 aliphatic heterocycles. The molecule has 1 aromatic rings. The van der Waals surface area contributed by atoms with Crippen molar-refractivity contribution in [2.45, 2.75) is 43.3 Å². The highest BCUT2D eigenvalue weighted by Crippen LogP contribution is 2.17. The minimum absolute atomic E-state index is 0.677. The van der Waals surface area contributed by atoms with E-state index in [1.807, 2.05) is 0 Å². The molecule has 0 amide bonds. The van der Waals surface area contributed by atoms with Crippen molar-refractivity contribution in [3.05, 3.63) is 29.8 Å². The van der Waals surface area contributed by atoms with E-state index in [0.717, 1.165) is 6.54 Å². The van der Waals surface area contributed by atoms with E-state index in [1.165, 1.54) is 29.8 Å². The maximum atomic E-state index is 3.69. The zero-order chi connectivity index (χ0) is 13.0. The number of rotatable bonds is 4. The Morgan fingerprint density at radius 2 is 2.06 bits per heavy atom. The summed E-state index contributed by atoms with van der Waals surface area (Å²) in [7, 11) is 2.22. The Balaban J connectivity index is 1.80. The van der Waals surface area contributed by atoms with Crippen molar-refractivity contribution in [2.24, 2.45) is 0 Å². The van der Waals surface area contributed by atoms with E-state index in [4.69, 9.17) is 0 Å². The van der Waals surface area contributed by atoms with Gasteiger partial charge in [-0.3, -0.25) is 0 Å². The van der Waals surface area contributed by atoms with Crippen LogP contribution in [0.4, 0.5) is 0 Å². The maximum absolute atomic E-state index is 3.69. The lowest BCUT2D eigenvalue weighted by atomic mass is 9.99. The van der Waals surface area contributed by atoms with Crippen LogP contribution in [0.3, 0.4) is 0 Å². The summed E-state index contributed by atoms with van der Waals surface area (Å²) in [6.45, 7) is 4.53. The van der Waals surface area contributed by atoms with Gasteiger partial charge in [-0.1, -0.05) is 12.1 Å². The van der Waals surface area contributed by atoms with Crippen LogP contribution in [0.2, 0.25) is 0 Å². The maximum Gasteiger partial charge on any atom is 0.0208 e. The highest BCUT2D eigenvalue weighted by atomic mass is 32.2. The first-order valence-electron chi connectivity index (χ1n) is 6.75. The van der Waals surface area contributed by atoms with Gasteiger partial charge in [0.2, 0.25) is 0 Å². The highest BCUT2D eigenvalue weighted by molar-refractivity contribution is 7.98. The van der Waals surface area contributed by atoms with E-state index in [1.54, 1.807) is 11.8 Å². The summed E-state index contributed by atoms with van der Waals surface area (Å²) in [5.41, 5.74) is 1.39. The fourth-order valence-corrected chi connectivity index (χ4v) is 2.89. The van der Waals surface area contributed by atoms with E-state index in [0.29, 0.717) is 12.1 Å². The van der Waals surface area contributed by atoms with Crippen molar-refractivity contribution in [1.82, 2.24) is 10.2 Å². The van der Waals surface area contributed by atoms with Crippen LogP contribution in [0.5, 0.6) is 0 Å². The predicted molar refractivity (Wildman–Crippen MR) is 80.2 cm³/mol. The predicted octanol–water partition coefficient (Wildman–Crippen LogP) is 2.98. The molecule has 0 bridgehead atoms. The zero-order valence-corrected chi connectivity index (χ0v) is 12.5. The van der Waals surface area contributed by atoms with Crippen LogP contribution in [0.1, 0.15) is 25.3 Å². The molecule has 2 unspecified atom stereocenters. The average molecular weight is 264 g/mol. The van der Waals surface area contributed by atoms with Crippen molar-refractivity contribution in [1.29, 1.82) is 0 Å². The first kappa shape index (κ1) is 13.9. The zero-order valence-electron chi connectivity index (χ0n) is 11.6. The molecule has 3 heteroatoms. The summed E-state index contributed by atoms with van der Waals surface area (Å²) >= 11 is 1.80. The molecule has 100 valence electrons. The molecule has 1 aromatic carbocycles. The van der Waals surface area contributed by atoms with Gasteiger partial charge in [0.15, 0.2) is 0 Å². The van der Waals surface area contributed by atoms with Crippen LogP contribution in [0.15, 0.2) is 29.2 Å². The number of likely N-dealkylation sites (tertiary alicyclic amines) is 1. The van der Waals surface area contributed by atoms with Crippen LogP contribution >= 0.6 is 11.8 Å². The Bertz CT molecular complexity index is 363. The molecule has 0 saturated carbocycles. The minimum atomic E-state index is 0.677. The first-order valence-corrected chi connectivity index (χ1v) is 7.98. The summed E-state index contributed by atoms with van der Waals surface area (Å²) in [6.07, 6.45) is 4.65. The van der Waals surface area contributed by atoms with Gasteiger partial charge in [0, 0.05) is 23.5 Å². The number of piperidine rings is 1. The van der Waals surface area contributed by atoms with Crippen LogP contribution in [0, 0.1) is 0 Å². The lowest BCUT2D eigenvalue weighted by Crippen LogP contribution is -2.45. The monoisotopic (exact) mass is 264 g/mol. The van der Waals surface area contributed by atoms with E-state index >= 15 is 0 Å². The quantitative estimate of drug-likeness (QED) is 0.842. The summed E-state index contributed by atoms with van der Waals surface area (Å²) in [4.78, 5) is 3.79. The molecule has 0 spiro atoms. The minimum Gasteiger partial charge on any atom is -0.310 e. The molecule has 1 heterocycles. The number of nitrogens with zero attached hydrogens (tertiary/aromatic N) is 1.